The van der Waals surface area contributed by atoms with Crippen LogP contribution >= 0.6 is 0 Å². The summed E-state index contributed by atoms with van der Waals surface area (Å²) in [4.78, 5) is 0. The summed E-state index contributed by atoms with van der Waals surface area (Å²) in [6.07, 6.45) is 1.09. The van der Waals surface area contributed by atoms with E-state index in [4.69, 9.17) is 4.74 Å². The average Bonchev–Trinajstić information content (AvgIpc) is 2.26. The molecule has 0 spiro atoms. The summed E-state index contributed by atoms with van der Waals surface area (Å²) in [7, 11) is 1.48. The standard InChI is InChI=1S/C12H18FNO/c1-4-7-14-9(2)10-5-6-11(13)12(8-10)15-3/h5-6,8-9,14H,4,7H2,1-3H3. The molecule has 0 saturated heterocycles. The van der Waals surface area contributed by atoms with E-state index >= 15 is 0 Å². The molecule has 0 aliphatic heterocycles. The van der Waals surface area contributed by atoms with E-state index in [-0.39, 0.29) is 11.9 Å². The molecule has 2 nitrogen and oxygen atoms in total. The first-order valence-corrected chi connectivity index (χ1v) is 5.25. The first kappa shape index (κ1) is 12.0. The normalized spacial score (nSPS) is 12.5. The number of rotatable bonds is 5. The Hall–Kier alpha value is -1.09. The van der Waals surface area contributed by atoms with Gasteiger partial charge >= 0.3 is 0 Å². The van der Waals surface area contributed by atoms with Crippen molar-refractivity contribution in [1.29, 1.82) is 0 Å². The van der Waals surface area contributed by atoms with Gasteiger partial charge in [0.1, 0.15) is 0 Å². The minimum absolute atomic E-state index is 0.222. The third-order valence-electron chi connectivity index (χ3n) is 2.38. The Kier molecular flexibility index (Phi) is 4.56. The van der Waals surface area contributed by atoms with Crippen molar-refractivity contribution >= 4 is 0 Å². The number of methoxy groups -OCH3 is 1. The zero-order valence-electron chi connectivity index (χ0n) is 9.51. The van der Waals surface area contributed by atoms with Crippen LogP contribution in [0.4, 0.5) is 4.39 Å². The first-order chi connectivity index (χ1) is 7.19. The first-order valence-electron chi connectivity index (χ1n) is 5.25. The van der Waals surface area contributed by atoms with Crippen LogP contribution in [0.25, 0.3) is 0 Å². The number of hydrogen-bond acceptors (Lipinski definition) is 2. The number of ether oxygens (including phenoxy) is 1. The van der Waals surface area contributed by atoms with Crippen LogP contribution in [0, 0.1) is 5.82 Å². The summed E-state index contributed by atoms with van der Waals surface area (Å²) in [6.45, 7) is 5.13. The maximum atomic E-state index is 13.1. The number of benzene rings is 1. The predicted molar refractivity (Wildman–Crippen MR) is 59.7 cm³/mol. The number of hydrogen-bond donors (Lipinski definition) is 1. The van der Waals surface area contributed by atoms with E-state index in [1.807, 2.05) is 0 Å². The zero-order chi connectivity index (χ0) is 11.3. The molecule has 1 N–H and O–H groups in total. The molecule has 0 amide bonds. The Labute approximate surface area is 90.4 Å². The van der Waals surface area contributed by atoms with Gasteiger partial charge in [0.2, 0.25) is 0 Å². The highest BCUT2D eigenvalue weighted by Gasteiger charge is 2.08. The average molecular weight is 211 g/mol. The van der Waals surface area contributed by atoms with Gasteiger partial charge in [0.25, 0.3) is 0 Å². The lowest BCUT2D eigenvalue weighted by Crippen LogP contribution is -2.19. The lowest BCUT2D eigenvalue weighted by molar-refractivity contribution is 0.385. The van der Waals surface area contributed by atoms with E-state index in [1.165, 1.54) is 13.2 Å². The summed E-state index contributed by atoms with van der Waals surface area (Å²) < 4.78 is 18.1. The van der Waals surface area contributed by atoms with E-state index in [0.717, 1.165) is 18.5 Å². The molecule has 1 unspecified atom stereocenters. The molecular formula is C12H18FNO. The van der Waals surface area contributed by atoms with Crippen LogP contribution in [0.1, 0.15) is 31.9 Å². The highest BCUT2D eigenvalue weighted by Crippen LogP contribution is 2.22. The molecule has 1 aromatic carbocycles. The highest BCUT2D eigenvalue weighted by atomic mass is 19.1. The lowest BCUT2D eigenvalue weighted by atomic mass is 10.1. The zero-order valence-corrected chi connectivity index (χ0v) is 9.51. The molecule has 0 aliphatic rings. The molecule has 1 rings (SSSR count). The van der Waals surface area contributed by atoms with Gasteiger partial charge in [-0.3, -0.25) is 0 Å². The molecule has 15 heavy (non-hydrogen) atoms. The van der Waals surface area contributed by atoms with Crippen molar-refractivity contribution in [3.8, 4) is 5.75 Å². The monoisotopic (exact) mass is 211 g/mol. The molecule has 0 fully saturated rings. The summed E-state index contributed by atoms with van der Waals surface area (Å²) in [5.41, 5.74) is 1.04. The molecule has 3 heteroatoms. The van der Waals surface area contributed by atoms with Crippen LogP contribution in [0.3, 0.4) is 0 Å². The topological polar surface area (TPSA) is 21.3 Å². The van der Waals surface area contributed by atoms with E-state index < -0.39 is 0 Å². The van der Waals surface area contributed by atoms with Crippen molar-refractivity contribution < 1.29 is 9.13 Å². The number of nitrogens with one attached hydrogen (secondary N) is 1. The largest absolute Gasteiger partial charge is 0.494 e. The minimum atomic E-state index is -0.316. The fourth-order valence-electron chi connectivity index (χ4n) is 1.42. The lowest BCUT2D eigenvalue weighted by Gasteiger charge is -2.14. The molecule has 0 radical (unpaired) electrons. The van der Waals surface area contributed by atoms with Gasteiger partial charge < -0.3 is 10.1 Å². The van der Waals surface area contributed by atoms with Crippen LogP contribution in [0.15, 0.2) is 18.2 Å². The van der Waals surface area contributed by atoms with Gasteiger partial charge in [0.05, 0.1) is 7.11 Å². The van der Waals surface area contributed by atoms with Crippen molar-refractivity contribution in [2.24, 2.45) is 0 Å². The molecule has 0 aromatic heterocycles. The molecule has 84 valence electrons. The minimum Gasteiger partial charge on any atom is -0.494 e. The van der Waals surface area contributed by atoms with Crippen molar-refractivity contribution in [3.05, 3.63) is 29.6 Å². The molecule has 1 aromatic rings. The predicted octanol–water partition coefficient (Wildman–Crippen LogP) is 2.89. The maximum absolute atomic E-state index is 13.1. The van der Waals surface area contributed by atoms with Crippen LogP contribution in [-0.4, -0.2) is 13.7 Å². The van der Waals surface area contributed by atoms with Crippen molar-refractivity contribution in [3.63, 3.8) is 0 Å². The van der Waals surface area contributed by atoms with Gasteiger partial charge in [-0.25, -0.2) is 4.39 Å². The van der Waals surface area contributed by atoms with Gasteiger partial charge in [-0.2, -0.15) is 0 Å². The Morgan fingerprint density at radius 3 is 2.80 bits per heavy atom. The SMILES string of the molecule is CCCNC(C)c1ccc(F)c(OC)c1. The molecule has 0 saturated carbocycles. The van der Waals surface area contributed by atoms with E-state index in [9.17, 15) is 4.39 Å². The van der Waals surface area contributed by atoms with Gasteiger partial charge in [-0.15, -0.1) is 0 Å². The highest BCUT2D eigenvalue weighted by molar-refractivity contribution is 5.31. The Balaban J connectivity index is 2.76. The van der Waals surface area contributed by atoms with E-state index in [2.05, 4.69) is 19.2 Å². The van der Waals surface area contributed by atoms with Crippen LogP contribution in [0.2, 0.25) is 0 Å². The summed E-state index contributed by atoms with van der Waals surface area (Å²) >= 11 is 0. The van der Waals surface area contributed by atoms with Gasteiger partial charge in [0, 0.05) is 6.04 Å². The van der Waals surface area contributed by atoms with E-state index in [1.54, 1.807) is 12.1 Å². The molecule has 1 atom stereocenters. The van der Waals surface area contributed by atoms with Crippen molar-refractivity contribution in [2.75, 3.05) is 13.7 Å². The Bertz CT molecular complexity index is 314. The van der Waals surface area contributed by atoms with Gasteiger partial charge in [-0.05, 0) is 37.6 Å². The fourth-order valence-corrected chi connectivity index (χ4v) is 1.42. The Morgan fingerprint density at radius 1 is 1.47 bits per heavy atom. The third-order valence-corrected chi connectivity index (χ3v) is 2.38. The Morgan fingerprint density at radius 2 is 2.20 bits per heavy atom. The second-order valence-corrected chi connectivity index (χ2v) is 3.57. The third kappa shape index (κ3) is 3.20. The van der Waals surface area contributed by atoms with Gasteiger partial charge in [-0.1, -0.05) is 13.0 Å². The number of halogens is 1. The summed E-state index contributed by atoms with van der Waals surface area (Å²) in [5, 5.41) is 3.34. The van der Waals surface area contributed by atoms with Crippen LogP contribution in [-0.2, 0) is 0 Å². The molecule has 0 bridgehead atoms. The second kappa shape index (κ2) is 5.71. The molecule has 0 heterocycles. The van der Waals surface area contributed by atoms with Crippen molar-refractivity contribution in [2.45, 2.75) is 26.3 Å². The quantitative estimate of drug-likeness (QED) is 0.808. The van der Waals surface area contributed by atoms with Gasteiger partial charge in [0.15, 0.2) is 11.6 Å². The summed E-state index contributed by atoms with van der Waals surface area (Å²) in [5.74, 6) is -0.0124. The molecular weight excluding hydrogens is 193 g/mol. The fraction of sp³-hybridized carbons (Fsp3) is 0.500. The van der Waals surface area contributed by atoms with Crippen LogP contribution < -0.4 is 10.1 Å². The van der Waals surface area contributed by atoms with Crippen LogP contribution in [0.5, 0.6) is 5.75 Å². The van der Waals surface area contributed by atoms with Crippen molar-refractivity contribution in [1.82, 2.24) is 5.32 Å². The smallest absolute Gasteiger partial charge is 0.165 e. The maximum Gasteiger partial charge on any atom is 0.165 e. The molecule has 0 aliphatic carbocycles. The summed E-state index contributed by atoms with van der Waals surface area (Å²) in [6, 6.07) is 5.19. The van der Waals surface area contributed by atoms with E-state index in [0.29, 0.717) is 5.75 Å². The second-order valence-electron chi connectivity index (χ2n) is 3.57.